The Hall–Kier alpha value is -2.53. The Morgan fingerprint density at radius 2 is 1.83 bits per heavy atom. The molecule has 1 heterocycles. The Morgan fingerprint density at radius 3 is 2.52 bits per heavy atom. The average Bonchev–Trinajstić information content (AvgIpc) is 3.31. The van der Waals surface area contributed by atoms with Gasteiger partial charge < -0.3 is 20.3 Å². The maximum Gasteiger partial charge on any atom is 0.191 e. The van der Waals surface area contributed by atoms with E-state index in [1.54, 1.807) is 0 Å². The van der Waals surface area contributed by atoms with Gasteiger partial charge in [-0.05, 0) is 55.5 Å². The van der Waals surface area contributed by atoms with Crippen LogP contribution in [0.4, 0.5) is 5.69 Å². The monoisotopic (exact) mass is 394 g/mol. The van der Waals surface area contributed by atoms with Gasteiger partial charge in [0.05, 0.1) is 12.6 Å². The molecular formula is C24H34N4O. The SMILES string of the molecule is CCOCc1ccc(CNC(=NC)NC(C)c2cccc(N3CCCC3)c2)cc1. The summed E-state index contributed by atoms with van der Waals surface area (Å²) in [7, 11) is 1.81. The molecule has 0 aromatic heterocycles. The number of guanidine groups is 1. The molecule has 3 rings (SSSR count). The van der Waals surface area contributed by atoms with Crippen molar-refractivity contribution in [3.05, 3.63) is 65.2 Å². The first kappa shape index (κ1) is 21.2. The Kier molecular flexibility index (Phi) is 7.94. The predicted molar refractivity (Wildman–Crippen MR) is 121 cm³/mol. The maximum absolute atomic E-state index is 5.45. The molecule has 1 unspecified atom stereocenters. The maximum atomic E-state index is 5.45. The highest BCUT2D eigenvalue weighted by atomic mass is 16.5. The third-order valence-electron chi connectivity index (χ3n) is 5.37. The first-order valence-corrected chi connectivity index (χ1v) is 10.7. The van der Waals surface area contributed by atoms with Crippen molar-refractivity contribution in [3.8, 4) is 0 Å². The Balaban J connectivity index is 1.53. The van der Waals surface area contributed by atoms with Crippen LogP contribution in [-0.4, -0.2) is 32.7 Å². The minimum Gasteiger partial charge on any atom is -0.377 e. The molecule has 0 bridgehead atoms. The van der Waals surface area contributed by atoms with E-state index >= 15 is 0 Å². The van der Waals surface area contributed by atoms with Crippen LogP contribution in [0.1, 0.15) is 49.4 Å². The number of hydrogen-bond acceptors (Lipinski definition) is 3. The standard InChI is InChI=1S/C24H34N4O/c1-4-29-18-21-12-10-20(11-13-21)17-26-24(25-3)27-19(2)22-8-7-9-23(16-22)28-14-5-6-15-28/h7-13,16,19H,4-6,14-15,17-18H2,1-3H3,(H2,25,26,27). The Labute approximate surface area is 175 Å². The van der Waals surface area contributed by atoms with E-state index in [1.807, 2.05) is 14.0 Å². The van der Waals surface area contributed by atoms with Gasteiger partial charge in [0.25, 0.3) is 0 Å². The summed E-state index contributed by atoms with van der Waals surface area (Å²) in [6, 6.07) is 17.5. The molecule has 1 fully saturated rings. The van der Waals surface area contributed by atoms with Crippen molar-refractivity contribution < 1.29 is 4.74 Å². The van der Waals surface area contributed by atoms with Crippen LogP contribution < -0.4 is 15.5 Å². The highest BCUT2D eigenvalue weighted by molar-refractivity contribution is 5.80. The molecule has 0 spiro atoms. The van der Waals surface area contributed by atoms with Crippen molar-refractivity contribution >= 4 is 11.6 Å². The fourth-order valence-electron chi connectivity index (χ4n) is 3.61. The van der Waals surface area contributed by atoms with E-state index in [4.69, 9.17) is 4.74 Å². The van der Waals surface area contributed by atoms with Crippen LogP contribution >= 0.6 is 0 Å². The molecule has 1 aliphatic rings. The fraction of sp³-hybridized carbons (Fsp3) is 0.458. The number of hydrogen-bond donors (Lipinski definition) is 2. The van der Waals surface area contributed by atoms with Crippen molar-refractivity contribution in [2.24, 2.45) is 4.99 Å². The van der Waals surface area contributed by atoms with E-state index in [0.29, 0.717) is 6.61 Å². The van der Waals surface area contributed by atoms with E-state index in [9.17, 15) is 0 Å². The van der Waals surface area contributed by atoms with Gasteiger partial charge in [-0.25, -0.2) is 0 Å². The van der Waals surface area contributed by atoms with Gasteiger partial charge in [-0.1, -0.05) is 36.4 Å². The zero-order valence-corrected chi connectivity index (χ0v) is 17.9. The summed E-state index contributed by atoms with van der Waals surface area (Å²) >= 11 is 0. The van der Waals surface area contributed by atoms with Crippen LogP contribution in [0.25, 0.3) is 0 Å². The second kappa shape index (κ2) is 10.9. The third kappa shape index (κ3) is 6.23. The Bertz CT molecular complexity index is 782. The lowest BCUT2D eigenvalue weighted by Gasteiger charge is -2.22. The number of nitrogens with one attached hydrogen (secondary N) is 2. The normalized spacial score (nSPS) is 15.4. The second-order valence-electron chi connectivity index (χ2n) is 7.53. The summed E-state index contributed by atoms with van der Waals surface area (Å²) in [6.07, 6.45) is 2.59. The van der Waals surface area contributed by atoms with Gasteiger partial charge >= 0.3 is 0 Å². The molecule has 2 aromatic carbocycles. The van der Waals surface area contributed by atoms with E-state index in [2.05, 4.69) is 76.0 Å². The van der Waals surface area contributed by atoms with E-state index in [0.717, 1.165) is 32.2 Å². The molecule has 2 N–H and O–H groups in total. The molecule has 0 aliphatic carbocycles. The minimum atomic E-state index is 0.178. The highest BCUT2D eigenvalue weighted by Gasteiger charge is 2.14. The summed E-state index contributed by atoms with van der Waals surface area (Å²) < 4.78 is 5.45. The zero-order valence-electron chi connectivity index (χ0n) is 17.9. The van der Waals surface area contributed by atoms with Gasteiger partial charge in [0, 0.05) is 39.0 Å². The first-order valence-electron chi connectivity index (χ1n) is 10.7. The zero-order chi connectivity index (χ0) is 20.5. The summed E-state index contributed by atoms with van der Waals surface area (Å²) in [5, 5.41) is 6.93. The van der Waals surface area contributed by atoms with Gasteiger partial charge in [0.1, 0.15) is 0 Å². The van der Waals surface area contributed by atoms with Gasteiger partial charge in [-0.15, -0.1) is 0 Å². The van der Waals surface area contributed by atoms with Crippen molar-refractivity contribution in [2.45, 2.75) is 45.9 Å². The van der Waals surface area contributed by atoms with E-state index in [1.165, 1.54) is 35.2 Å². The van der Waals surface area contributed by atoms with E-state index < -0.39 is 0 Å². The lowest BCUT2D eigenvalue weighted by molar-refractivity contribution is 0.134. The summed E-state index contributed by atoms with van der Waals surface area (Å²) in [4.78, 5) is 6.86. The molecule has 156 valence electrons. The molecule has 0 saturated carbocycles. The predicted octanol–water partition coefficient (Wildman–Crippen LogP) is 4.25. The second-order valence-corrected chi connectivity index (χ2v) is 7.53. The molecule has 0 radical (unpaired) electrons. The van der Waals surface area contributed by atoms with Crippen molar-refractivity contribution in [3.63, 3.8) is 0 Å². The largest absolute Gasteiger partial charge is 0.377 e. The number of nitrogens with zero attached hydrogens (tertiary/aromatic N) is 2. The number of rotatable bonds is 8. The molecule has 5 heteroatoms. The first-order chi connectivity index (χ1) is 14.2. The minimum absolute atomic E-state index is 0.178. The quantitative estimate of drug-likeness (QED) is 0.519. The highest BCUT2D eigenvalue weighted by Crippen LogP contribution is 2.23. The lowest BCUT2D eigenvalue weighted by Crippen LogP contribution is -2.38. The van der Waals surface area contributed by atoms with Crippen LogP contribution in [0.2, 0.25) is 0 Å². The summed E-state index contributed by atoms with van der Waals surface area (Å²) in [6.45, 7) is 8.66. The topological polar surface area (TPSA) is 48.9 Å². The van der Waals surface area contributed by atoms with Crippen LogP contribution in [0, 0.1) is 0 Å². The van der Waals surface area contributed by atoms with Crippen molar-refractivity contribution in [1.82, 2.24) is 10.6 Å². The fourth-order valence-corrected chi connectivity index (χ4v) is 3.61. The van der Waals surface area contributed by atoms with Crippen LogP contribution in [0.15, 0.2) is 53.5 Å². The van der Waals surface area contributed by atoms with Crippen LogP contribution in [0.5, 0.6) is 0 Å². The smallest absolute Gasteiger partial charge is 0.191 e. The number of aliphatic imine (C=N–C) groups is 1. The van der Waals surface area contributed by atoms with Gasteiger partial charge in [0.15, 0.2) is 5.96 Å². The van der Waals surface area contributed by atoms with Gasteiger partial charge in [-0.2, -0.15) is 0 Å². The molecule has 29 heavy (non-hydrogen) atoms. The molecule has 2 aromatic rings. The molecular weight excluding hydrogens is 360 g/mol. The Morgan fingerprint density at radius 1 is 1.10 bits per heavy atom. The number of benzene rings is 2. The summed E-state index contributed by atoms with van der Waals surface area (Å²) in [5.41, 5.74) is 5.02. The van der Waals surface area contributed by atoms with Crippen LogP contribution in [-0.2, 0) is 17.9 Å². The summed E-state index contributed by atoms with van der Waals surface area (Å²) in [5.74, 6) is 0.808. The average molecular weight is 395 g/mol. The van der Waals surface area contributed by atoms with Gasteiger partial charge in [0.2, 0.25) is 0 Å². The molecule has 1 aliphatic heterocycles. The van der Waals surface area contributed by atoms with E-state index in [-0.39, 0.29) is 6.04 Å². The number of ether oxygens (including phenoxy) is 1. The molecule has 5 nitrogen and oxygen atoms in total. The van der Waals surface area contributed by atoms with Crippen molar-refractivity contribution in [1.29, 1.82) is 0 Å². The third-order valence-corrected chi connectivity index (χ3v) is 5.37. The number of anilines is 1. The van der Waals surface area contributed by atoms with Gasteiger partial charge in [-0.3, -0.25) is 4.99 Å². The lowest BCUT2D eigenvalue weighted by atomic mass is 10.1. The van der Waals surface area contributed by atoms with Crippen LogP contribution in [0.3, 0.4) is 0 Å². The molecule has 1 saturated heterocycles. The molecule has 0 amide bonds. The van der Waals surface area contributed by atoms with Crippen molar-refractivity contribution in [2.75, 3.05) is 31.6 Å². The molecule has 1 atom stereocenters.